The van der Waals surface area contributed by atoms with Crippen LogP contribution in [0.2, 0.25) is 0 Å². The van der Waals surface area contributed by atoms with Gasteiger partial charge in [0.25, 0.3) is 11.8 Å². The molecule has 26 heavy (non-hydrogen) atoms. The highest BCUT2D eigenvalue weighted by atomic mass is 16.7. The molecule has 2 aliphatic rings. The molecule has 1 aliphatic carbocycles. The number of imide groups is 1. The number of hydroxylamine groups is 2. The highest BCUT2D eigenvalue weighted by Gasteiger charge is 2.39. The minimum atomic E-state index is -0.866. The van der Waals surface area contributed by atoms with Gasteiger partial charge >= 0.3 is 5.97 Å². The Hall–Kier alpha value is -3.03. The van der Waals surface area contributed by atoms with Crippen molar-refractivity contribution >= 4 is 17.8 Å². The van der Waals surface area contributed by atoms with Gasteiger partial charge < -0.3 is 4.84 Å². The number of amides is 2. The normalized spacial score (nSPS) is 17.0. The Balaban J connectivity index is 1.50. The van der Waals surface area contributed by atoms with Gasteiger partial charge in [-0.05, 0) is 37.8 Å². The van der Waals surface area contributed by atoms with Crippen molar-refractivity contribution in [3.8, 4) is 0 Å². The lowest BCUT2D eigenvalue weighted by Crippen LogP contribution is -2.33. The van der Waals surface area contributed by atoms with Crippen molar-refractivity contribution < 1.29 is 19.2 Å². The predicted octanol–water partition coefficient (Wildman–Crippen LogP) is 2.14. The van der Waals surface area contributed by atoms with Crippen molar-refractivity contribution in [1.82, 2.24) is 20.1 Å². The third kappa shape index (κ3) is 2.67. The van der Waals surface area contributed by atoms with E-state index in [0.29, 0.717) is 23.2 Å². The zero-order valence-corrected chi connectivity index (χ0v) is 14.3. The molecule has 0 radical (unpaired) electrons. The standard InChI is InChI=1S/C18H18N4O4/c1-11-15(19-20-21(11)10-12-6-2-3-7-12)18(25)26-22-16(23)13-8-4-5-9-14(13)17(22)24/h4-5,8-9,12H,2-3,6-7,10H2,1H3. The van der Waals surface area contributed by atoms with E-state index >= 15 is 0 Å². The van der Waals surface area contributed by atoms with Gasteiger partial charge in [0.15, 0.2) is 5.69 Å². The van der Waals surface area contributed by atoms with Gasteiger partial charge in [-0.25, -0.2) is 9.48 Å². The smallest absolute Gasteiger partial charge is 0.322 e. The molecule has 8 nitrogen and oxygen atoms in total. The number of carbonyl (C=O) groups is 3. The number of benzene rings is 1. The van der Waals surface area contributed by atoms with E-state index in [2.05, 4.69) is 10.3 Å². The summed E-state index contributed by atoms with van der Waals surface area (Å²) < 4.78 is 1.69. The van der Waals surface area contributed by atoms with Crippen LogP contribution in [0.5, 0.6) is 0 Å². The Morgan fingerprint density at radius 2 is 1.77 bits per heavy atom. The van der Waals surface area contributed by atoms with Crippen LogP contribution in [0.25, 0.3) is 0 Å². The van der Waals surface area contributed by atoms with Crippen molar-refractivity contribution in [1.29, 1.82) is 0 Å². The first-order valence-electron chi connectivity index (χ1n) is 8.66. The second-order valence-electron chi connectivity index (χ2n) is 6.69. The average Bonchev–Trinajstić information content (AvgIpc) is 3.34. The summed E-state index contributed by atoms with van der Waals surface area (Å²) in [5.74, 6) is -1.64. The molecule has 2 amide bonds. The Bertz CT molecular complexity index is 863. The summed E-state index contributed by atoms with van der Waals surface area (Å²) in [6.45, 7) is 2.44. The molecule has 2 heterocycles. The van der Waals surface area contributed by atoms with Crippen LogP contribution in [0.15, 0.2) is 24.3 Å². The lowest BCUT2D eigenvalue weighted by atomic mass is 10.1. The number of hydrogen-bond donors (Lipinski definition) is 0. The minimum Gasteiger partial charge on any atom is -0.322 e. The van der Waals surface area contributed by atoms with Gasteiger partial charge in [-0.15, -0.1) is 5.10 Å². The third-order valence-electron chi connectivity index (χ3n) is 5.01. The summed E-state index contributed by atoms with van der Waals surface area (Å²) in [6, 6.07) is 6.33. The lowest BCUT2D eigenvalue weighted by Gasteiger charge is -2.12. The number of nitrogens with zero attached hydrogens (tertiary/aromatic N) is 4. The fourth-order valence-electron chi connectivity index (χ4n) is 3.54. The summed E-state index contributed by atoms with van der Waals surface area (Å²) in [4.78, 5) is 42.0. The second-order valence-corrected chi connectivity index (χ2v) is 6.69. The number of fused-ring (bicyclic) bond motifs is 1. The van der Waals surface area contributed by atoms with Gasteiger partial charge in [0.05, 0.1) is 16.8 Å². The van der Waals surface area contributed by atoms with Crippen molar-refractivity contribution in [2.75, 3.05) is 0 Å². The van der Waals surface area contributed by atoms with Gasteiger partial charge in [0, 0.05) is 6.54 Å². The zero-order valence-electron chi connectivity index (χ0n) is 14.3. The highest BCUT2D eigenvalue weighted by Crippen LogP contribution is 2.27. The molecule has 2 aromatic rings. The van der Waals surface area contributed by atoms with Gasteiger partial charge in [0.2, 0.25) is 0 Å². The fraction of sp³-hybridized carbons (Fsp3) is 0.389. The van der Waals surface area contributed by atoms with Crippen LogP contribution in [0.1, 0.15) is 62.6 Å². The van der Waals surface area contributed by atoms with Crippen LogP contribution in [-0.4, -0.2) is 37.8 Å². The molecule has 1 aromatic heterocycles. The maximum atomic E-state index is 12.4. The number of aromatic nitrogens is 3. The van der Waals surface area contributed by atoms with Crippen LogP contribution >= 0.6 is 0 Å². The average molecular weight is 354 g/mol. The summed E-state index contributed by atoms with van der Waals surface area (Å²) in [7, 11) is 0. The number of carbonyl (C=O) groups excluding carboxylic acids is 3. The molecule has 0 unspecified atom stereocenters. The Kier molecular flexibility index (Phi) is 4.02. The maximum Gasteiger partial charge on any atom is 0.385 e. The molecule has 0 spiro atoms. The van der Waals surface area contributed by atoms with E-state index in [1.54, 1.807) is 23.7 Å². The van der Waals surface area contributed by atoms with Crippen molar-refractivity contribution in [2.45, 2.75) is 39.2 Å². The van der Waals surface area contributed by atoms with Gasteiger partial charge in [0.1, 0.15) is 0 Å². The molecule has 0 saturated heterocycles. The van der Waals surface area contributed by atoms with E-state index in [1.807, 2.05) is 0 Å². The van der Waals surface area contributed by atoms with Crippen molar-refractivity contribution in [3.63, 3.8) is 0 Å². The van der Waals surface area contributed by atoms with E-state index in [-0.39, 0.29) is 16.8 Å². The van der Waals surface area contributed by atoms with Crippen LogP contribution < -0.4 is 0 Å². The van der Waals surface area contributed by atoms with Crippen LogP contribution in [0, 0.1) is 12.8 Å². The first-order chi connectivity index (χ1) is 12.6. The fourth-order valence-corrected chi connectivity index (χ4v) is 3.54. The first kappa shape index (κ1) is 16.4. The largest absolute Gasteiger partial charge is 0.385 e. The molecule has 8 heteroatoms. The predicted molar refractivity (Wildman–Crippen MR) is 89.1 cm³/mol. The van der Waals surface area contributed by atoms with Gasteiger partial charge in [-0.3, -0.25) is 9.59 Å². The Morgan fingerprint density at radius 3 is 2.38 bits per heavy atom. The van der Waals surface area contributed by atoms with E-state index in [9.17, 15) is 14.4 Å². The molecule has 4 rings (SSSR count). The molecule has 0 N–H and O–H groups in total. The molecule has 1 fully saturated rings. The monoisotopic (exact) mass is 354 g/mol. The van der Waals surface area contributed by atoms with E-state index in [4.69, 9.17) is 4.84 Å². The van der Waals surface area contributed by atoms with Crippen molar-refractivity contribution in [3.05, 3.63) is 46.8 Å². The minimum absolute atomic E-state index is 0.0135. The zero-order chi connectivity index (χ0) is 18.3. The Morgan fingerprint density at radius 1 is 1.15 bits per heavy atom. The first-order valence-corrected chi connectivity index (χ1v) is 8.66. The number of rotatable bonds is 4. The molecule has 1 saturated carbocycles. The molecular weight excluding hydrogens is 336 g/mol. The molecule has 1 aliphatic heterocycles. The van der Waals surface area contributed by atoms with E-state index in [0.717, 1.165) is 12.8 Å². The second kappa shape index (κ2) is 6.36. The molecule has 1 aromatic carbocycles. The lowest BCUT2D eigenvalue weighted by molar-refractivity contribution is -0.0589. The van der Waals surface area contributed by atoms with Crippen LogP contribution in [0.3, 0.4) is 0 Å². The van der Waals surface area contributed by atoms with Crippen LogP contribution in [-0.2, 0) is 11.4 Å². The quantitative estimate of drug-likeness (QED) is 0.781. The van der Waals surface area contributed by atoms with Crippen molar-refractivity contribution in [2.24, 2.45) is 5.92 Å². The van der Waals surface area contributed by atoms with E-state index in [1.165, 1.54) is 25.0 Å². The Labute approximate surface area is 149 Å². The van der Waals surface area contributed by atoms with E-state index < -0.39 is 17.8 Å². The van der Waals surface area contributed by atoms with Gasteiger partial charge in [-0.1, -0.05) is 35.3 Å². The molecule has 0 bridgehead atoms. The summed E-state index contributed by atoms with van der Waals surface area (Å²) in [5, 5.41) is 8.41. The summed E-state index contributed by atoms with van der Waals surface area (Å²) >= 11 is 0. The highest BCUT2D eigenvalue weighted by molar-refractivity contribution is 6.21. The summed E-state index contributed by atoms with van der Waals surface area (Å²) in [5.41, 5.74) is 1.01. The molecule has 0 atom stereocenters. The maximum absolute atomic E-state index is 12.4. The summed E-state index contributed by atoms with van der Waals surface area (Å²) in [6.07, 6.45) is 4.72. The molecular formula is C18H18N4O4. The third-order valence-corrected chi connectivity index (χ3v) is 5.01. The van der Waals surface area contributed by atoms with Crippen LogP contribution in [0.4, 0.5) is 0 Å². The SMILES string of the molecule is Cc1c(C(=O)ON2C(=O)c3ccccc3C2=O)nnn1CC1CCCC1. The van der Waals surface area contributed by atoms with Gasteiger partial charge in [-0.2, -0.15) is 0 Å². The molecule has 134 valence electrons. The topological polar surface area (TPSA) is 94.4 Å². The number of hydrogen-bond acceptors (Lipinski definition) is 6.